The van der Waals surface area contributed by atoms with Crippen molar-refractivity contribution in [1.29, 1.82) is 0 Å². The second-order valence-electron chi connectivity index (χ2n) is 4.80. The van der Waals surface area contributed by atoms with E-state index < -0.39 is 0 Å². The first-order valence-electron chi connectivity index (χ1n) is 6.37. The molecule has 4 heteroatoms. The molecule has 0 atom stereocenters. The summed E-state index contributed by atoms with van der Waals surface area (Å²) in [5.74, 6) is 1.77. The van der Waals surface area contributed by atoms with Crippen molar-refractivity contribution in [2.75, 3.05) is 0 Å². The Balaban J connectivity index is 1.83. The Morgan fingerprint density at radius 3 is 2.65 bits per heavy atom. The van der Waals surface area contributed by atoms with Crippen LogP contribution in [-0.4, -0.2) is 10.9 Å². The van der Waals surface area contributed by atoms with Gasteiger partial charge >= 0.3 is 0 Å². The van der Waals surface area contributed by atoms with Crippen LogP contribution in [0.2, 0.25) is 0 Å². The van der Waals surface area contributed by atoms with Gasteiger partial charge in [0.15, 0.2) is 0 Å². The van der Waals surface area contributed by atoms with E-state index in [2.05, 4.69) is 10.3 Å². The van der Waals surface area contributed by atoms with Crippen LogP contribution in [0.4, 0.5) is 0 Å². The first-order chi connectivity index (χ1) is 8.16. The Morgan fingerprint density at radius 2 is 2.06 bits per heavy atom. The van der Waals surface area contributed by atoms with Crippen LogP contribution >= 0.6 is 0 Å². The number of aromatic nitrogens is 1. The van der Waals surface area contributed by atoms with Crippen molar-refractivity contribution < 1.29 is 9.21 Å². The van der Waals surface area contributed by atoms with Crippen molar-refractivity contribution in [3.63, 3.8) is 0 Å². The molecule has 0 saturated heterocycles. The monoisotopic (exact) mass is 236 g/mol. The van der Waals surface area contributed by atoms with Crippen LogP contribution in [0.5, 0.6) is 0 Å². The van der Waals surface area contributed by atoms with E-state index in [9.17, 15) is 4.79 Å². The Labute approximate surface area is 102 Å². The molecule has 0 unspecified atom stereocenters. The number of aryl methyl sites for hydroxylation is 2. The number of carbonyl (C=O) groups is 1. The molecule has 94 valence electrons. The molecule has 1 N–H and O–H groups in total. The van der Waals surface area contributed by atoms with E-state index in [1.165, 1.54) is 19.3 Å². The lowest BCUT2D eigenvalue weighted by atomic mass is 9.89. The molecule has 4 nitrogen and oxygen atoms in total. The molecule has 1 aliphatic carbocycles. The molecule has 1 fully saturated rings. The number of nitrogens with zero attached hydrogens (tertiary/aromatic N) is 1. The predicted molar refractivity (Wildman–Crippen MR) is 64.4 cm³/mol. The van der Waals surface area contributed by atoms with Crippen LogP contribution in [0.15, 0.2) is 4.42 Å². The molecule has 0 bridgehead atoms. The summed E-state index contributed by atoms with van der Waals surface area (Å²) in [6.07, 6.45) is 5.66. The fourth-order valence-electron chi connectivity index (χ4n) is 2.29. The van der Waals surface area contributed by atoms with Crippen molar-refractivity contribution in [3.8, 4) is 0 Å². The van der Waals surface area contributed by atoms with Crippen LogP contribution < -0.4 is 5.32 Å². The number of carbonyl (C=O) groups excluding carboxylic acids is 1. The van der Waals surface area contributed by atoms with Crippen molar-refractivity contribution in [2.24, 2.45) is 5.92 Å². The summed E-state index contributed by atoms with van der Waals surface area (Å²) in [5.41, 5.74) is 0.895. The molecule has 0 radical (unpaired) electrons. The van der Waals surface area contributed by atoms with Gasteiger partial charge in [-0.15, -0.1) is 0 Å². The minimum atomic E-state index is 0.151. The van der Waals surface area contributed by atoms with Gasteiger partial charge in [-0.2, -0.15) is 0 Å². The minimum Gasteiger partial charge on any atom is -0.444 e. The molecule has 17 heavy (non-hydrogen) atoms. The first kappa shape index (κ1) is 12.1. The number of hydrogen-bond acceptors (Lipinski definition) is 3. The van der Waals surface area contributed by atoms with Gasteiger partial charge in [-0.25, -0.2) is 4.98 Å². The second-order valence-corrected chi connectivity index (χ2v) is 4.80. The molecule has 1 aromatic heterocycles. The van der Waals surface area contributed by atoms with Crippen LogP contribution in [0, 0.1) is 19.8 Å². The van der Waals surface area contributed by atoms with Gasteiger partial charge in [-0.05, 0) is 26.7 Å². The van der Waals surface area contributed by atoms with Gasteiger partial charge in [0.05, 0.1) is 12.2 Å². The molecular formula is C13H20N2O2. The Bertz CT molecular complexity index is 373. The molecule has 0 aromatic carbocycles. The van der Waals surface area contributed by atoms with E-state index in [0.717, 1.165) is 24.3 Å². The highest BCUT2D eigenvalue weighted by Gasteiger charge is 2.21. The van der Waals surface area contributed by atoms with Crippen LogP contribution in [0.25, 0.3) is 0 Å². The van der Waals surface area contributed by atoms with Crippen LogP contribution in [0.3, 0.4) is 0 Å². The summed E-state index contributed by atoms with van der Waals surface area (Å²) in [5, 5.41) is 2.91. The summed E-state index contributed by atoms with van der Waals surface area (Å²) >= 11 is 0. The lowest BCUT2D eigenvalue weighted by Crippen LogP contribution is -2.31. The Hall–Kier alpha value is -1.32. The van der Waals surface area contributed by atoms with E-state index in [4.69, 9.17) is 4.42 Å². The predicted octanol–water partition coefficient (Wildman–Crippen LogP) is 2.49. The van der Waals surface area contributed by atoms with Crippen molar-refractivity contribution in [3.05, 3.63) is 17.3 Å². The SMILES string of the molecule is Cc1nc(CNC(=O)C2CCCCC2)oc1C. The molecular weight excluding hydrogens is 216 g/mol. The summed E-state index contributed by atoms with van der Waals surface area (Å²) in [7, 11) is 0. The zero-order valence-corrected chi connectivity index (χ0v) is 10.6. The third-order valence-corrected chi connectivity index (χ3v) is 3.46. The Morgan fingerprint density at radius 1 is 1.35 bits per heavy atom. The molecule has 1 amide bonds. The lowest BCUT2D eigenvalue weighted by molar-refractivity contribution is -0.126. The molecule has 2 rings (SSSR count). The van der Waals surface area contributed by atoms with E-state index in [1.807, 2.05) is 13.8 Å². The fraction of sp³-hybridized carbons (Fsp3) is 0.692. The normalized spacial score (nSPS) is 17.1. The number of amides is 1. The zero-order chi connectivity index (χ0) is 12.3. The average molecular weight is 236 g/mol. The van der Waals surface area contributed by atoms with Gasteiger partial charge in [-0.1, -0.05) is 19.3 Å². The maximum Gasteiger partial charge on any atom is 0.223 e. The minimum absolute atomic E-state index is 0.151. The summed E-state index contributed by atoms with van der Waals surface area (Å²) in [6.45, 7) is 4.20. The topological polar surface area (TPSA) is 55.1 Å². The van der Waals surface area contributed by atoms with E-state index in [1.54, 1.807) is 0 Å². The zero-order valence-electron chi connectivity index (χ0n) is 10.6. The highest BCUT2D eigenvalue weighted by molar-refractivity contribution is 5.78. The van der Waals surface area contributed by atoms with E-state index in [0.29, 0.717) is 12.4 Å². The van der Waals surface area contributed by atoms with Crippen molar-refractivity contribution >= 4 is 5.91 Å². The van der Waals surface area contributed by atoms with Crippen LogP contribution in [-0.2, 0) is 11.3 Å². The summed E-state index contributed by atoms with van der Waals surface area (Å²) < 4.78 is 5.43. The van der Waals surface area contributed by atoms with E-state index >= 15 is 0 Å². The molecule has 1 saturated carbocycles. The van der Waals surface area contributed by atoms with Gasteiger partial charge in [-0.3, -0.25) is 4.79 Å². The summed E-state index contributed by atoms with van der Waals surface area (Å²) in [6, 6.07) is 0. The van der Waals surface area contributed by atoms with Crippen molar-refractivity contribution in [1.82, 2.24) is 10.3 Å². The fourth-order valence-corrected chi connectivity index (χ4v) is 2.29. The molecule has 0 aliphatic heterocycles. The molecule has 1 aliphatic rings. The smallest absolute Gasteiger partial charge is 0.223 e. The maximum atomic E-state index is 11.9. The average Bonchev–Trinajstić information content (AvgIpc) is 2.67. The first-order valence-corrected chi connectivity index (χ1v) is 6.37. The third-order valence-electron chi connectivity index (χ3n) is 3.46. The maximum absolute atomic E-state index is 11.9. The molecule has 0 spiro atoms. The van der Waals surface area contributed by atoms with Gasteiger partial charge in [0, 0.05) is 5.92 Å². The van der Waals surface area contributed by atoms with Gasteiger partial charge in [0.1, 0.15) is 5.76 Å². The third kappa shape index (κ3) is 3.08. The number of oxazole rings is 1. The summed E-state index contributed by atoms with van der Waals surface area (Å²) in [4.78, 5) is 16.1. The number of rotatable bonds is 3. The van der Waals surface area contributed by atoms with Crippen LogP contribution in [0.1, 0.15) is 49.4 Å². The van der Waals surface area contributed by atoms with Gasteiger partial charge < -0.3 is 9.73 Å². The lowest BCUT2D eigenvalue weighted by Gasteiger charge is -2.20. The molecule has 1 heterocycles. The number of hydrogen-bond donors (Lipinski definition) is 1. The molecule has 1 aromatic rings. The standard InChI is InChI=1S/C13H20N2O2/c1-9-10(2)17-12(15-9)8-14-13(16)11-6-4-3-5-7-11/h11H,3-8H2,1-2H3,(H,14,16). The number of nitrogens with one attached hydrogen (secondary N) is 1. The Kier molecular flexibility index (Phi) is 3.82. The highest BCUT2D eigenvalue weighted by Crippen LogP contribution is 2.23. The van der Waals surface area contributed by atoms with E-state index in [-0.39, 0.29) is 11.8 Å². The van der Waals surface area contributed by atoms with Gasteiger partial charge in [0.2, 0.25) is 11.8 Å². The largest absolute Gasteiger partial charge is 0.444 e. The van der Waals surface area contributed by atoms with Crippen molar-refractivity contribution in [2.45, 2.75) is 52.5 Å². The second kappa shape index (κ2) is 5.34. The highest BCUT2D eigenvalue weighted by atomic mass is 16.4. The quantitative estimate of drug-likeness (QED) is 0.877. The van der Waals surface area contributed by atoms with Gasteiger partial charge in [0.25, 0.3) is 0 Å².